The van der Waals surface area contributed by atoms with Crippen molar-refractivity contribution in [2.45, 2.75) is 91.6 Å². The fraction of sp³-hybridized carbons (Fsp3) is 0.472. The van der Waals surface area contributed by atoms with E-state index in [1.807, 2.05) is 0 Å². The molecular weight excluding hydrogens is 460 g/mol. The van der Waals surface area contributed by atoms with E-state index in [1.54, 1.807) is 5.56 Å². The van der Waals surface area contributed by atoms with Crippen LogP contribution in [0.25, 0.3) is 11.0 Å². The number of benzene rings is 3. The van der Waals surface area contributed by atoms with Gasteiger partial charge in [-0.3, -0.25) is 0 Å². The molecule has 1 heterocycles. The standard InChI is InChI=1S/C36H43N2/c1-23-10-26(4)33(27(5)11-23)21-38-22-37(34-12-24(2)25(3)13-35(34)38)20-28-6-8-32(9-7-28)36-17-29-14-30(18-36)16-31(15-29)19-36/h6-13,22,29-31H,14-21H2,1-5H3/q+1. The first-order valence-electron chi connectivity index (χ1n) is 14.9. The number of nitrogens with zero attached hydrogens (tertiary/aromatic N) is 2. The lowest BCUT2D eigenvalue weighted by Crippen LogP contribution is -2.48. The first kappa shape index (κ1) is 24.2. The van der Waals surface area contributed by atoms with E-state index in [-0.39, 0.29) is 0 Å². The van der Waals surface area contributed by atoms with Crippen molar-refractivity contribution in [2.24, 2.45) is 17.8 Å². The molecule has 0 radical (unpaired) electrons. The van der Waals surface area contributed by atoms with Crippen LogP contribution in [0.1, 0.15) is 83.0 Å². The smallest absolute Gasteiger partial charge is 0.226 e. The Morgan fingerprint density at radius 3 is 1.92 bits per heavy atom. The molecule has 4 aromatic rings. The summed E-state index contributed by atoms with van der Waals surface area (Å²) in [7, 11) is 0. The van der Waals surface area contributed by atoms with Crippen molar-refractivity contribution in [1.29, 1.82) is 0 Å². The van der Waals surface area contributed by atoms with Gasteiger partial charge in [0.1, 0.15) is 13.1 Å². The topological polar surface area (TPSA) is 8.81 Å². The van der Waals surface area contributed by atoms with Crippen LogP contribution in [0.2, 0.25) is 0 Å². The highest BCUT2D eigenvalue weighted by Crippen LogP contribution is 2.60. The Morgan fingerprint density at radius 2 is 1.32 bits per heavy atom. The summed E-state index contributed by atoms with van der Waals surface area (Å²) >= 11 is 0. The largest absolute Gasteiger partial charge is 0.245 e. The van der Waals surface area contributed by atoms with Gasteiger partial charge in [0.2, 0.25) is 6.33 Å². The van der Waals surface area contributed by atoms with Crippen molar-refractivity contribution in [2.75, 3.05) is 0 Å². The third kappa shape index (κ3) is 4.03. The second kappa shape index (κ2) is 8.83. The molecule has 0 unspecified atom stereocenters. The van der Waals surface area contributed by atoms with Gasteiger partial charge in [-0.05, 0) is 147 Å². The van der Waals surface area contributed by atoms with Gasteiger partial charge in [-0.2, -0.15) is 0 Å². The minimum atomic E-state index is 0.481. The molecule has 38 heavy (non-hydrogen) atoms. The maximum atomic E-state index is 2.50. The van der Waals surface area contributed by atoms with Gasteiger partial charge in [0, 0.05) is 0 Å². The van der Waals surface area contributed by atoms with Crippen LogP contribution >= 0.6 is 0 Å². The molecule has 1 aromatic heterocycles. The number of imidazole rings is 1. The van der Waals surface area contributed by atoms with Gasteiger partial charge in [-0.1, -0.05) is 42.0 Å². The van der Waals surface area contributed by atoms with Crippen molar-refractivity contribution >= 4 is 11.0 Å². The molecule has 0 amide bonds. The lowest BCUT2D eigenvalue weighted by molar-refractivity contribution is -0.663. The fourth-order valence-corrected chi connectivity index (χ4v) is 9.04. The van der Waals surface area contributed by atoms with Gasteiger partial charge in [0.05, 0.1) is 0 Å². The Hall–Kier alpha value is -2.87. The molecule has 196 valence electrons. The molecule has 0 N–H and O–H groups in total. The summed E-state index contributed by atoms with van der Waals surface area (Å²) in [4.78, 5) is 0. The van der Waals surface area contributed by atoms with Crippen molar-refractivity contribution in [3.63, 3.8) is 0 Å². The van der Waals surface area contributed by atoms with Crippen LogP contribution in [0.3, 0.4) is 0 Å². The maximum absolute atomic E-state index is 2.50. The lowest BCUT2D eigenvalue weighted by atomic mass is 9.48. The van der Waals surface area contributed by atoms with Crippen LogP contribution in [0.15, 0.2) is 54.9 Å². The molecule has 4 fully saturated rings. The van der Waals surface area contributed by atoms with Gasteiger partial charge in [0.15, 0.2) is 11.0 Å². The van der Waals surface area contributed by atoms with E-state index in [2.05, 4.69) is 98.6 Å². The Balaban J connectivity index is 1.21. The Bertz CT molecular complexity index is 1480. The quantitative estimate of drug-likeness (QED) is 0.244. The van der Waals surface area contributed by atoms with E-state index in [1.165, 1.54) is 88.5 Å². The van der Waals surface area contributed by atoms with E-state index < -0.39 is 0 Å². The van der Waals surface area contributed by atoms with E-state index in [0.717, 1.165) is 30.8 Å². The summed E-state index contributed by atoms with van der Waals surface area (Å²) in [6, 6.07) is 19.3. The van der Waals surface area contributed by atoms with Crippen LogP contribution in [0.5, 0.6) is 0 Å². The highest BCUT2D eigenvalue weighted by atomic mass is 15.1. The van der Waals surface area contributed by atoms with Crippen molar-refractivity contribution < 1.29 is 4.57 Å². The molecule has 2 heteroatoms. The van der Waals surface area contributed by atoms with Crippen molar-refractivity contribution in [1.82, 2.24) is 4.57 Å². The molecular formula is C36H43N2+. The molecule has 8 rings (SSSR count). The first-order valence-corrected chi connectivity index (χ1v) is 14.9. The van der Waals surface area contributed by atoms with Crippen LogP contribution in [0.4, 0.5) is 0 Å². The van der Waals surface area contributed by atoms with E-state index >= 15 is 0 Å². The van der Waals surface area contributed by atoms with Gasteiger partial charge >= 0.3 is 0 Å². The number of hydrogen-bond donors (Lipinski definition) is 0. The van der Waals surface area contributed by atoms with Gasteiger partial charge in [-0.25, -0.2) is 9.13 Å². The number of aryl methyl sites for hydroxylation is 5. The highest BCUT2D eigenvalue weighted by molar-refractivity contribution is 5.74. The average Bonchev–Trinajstić information content (AvgIpc) is 3.17. The number of hydrogen-bond acceptors (Lipinski definition) is 0. The van der Waals surface area contributed by atoms with Crippen LogP contribution < -0.4 is 4.57 Å². The molecule has 3 aromatic carbocycles. The van der Waals surface area contributed by atoms with Crippen molar-refractivity contribution in [3.8, 4) is 0 Å². The molecule has 2 nitrogen and oxygen atoms in total. The zero-order chi connectivity index (χ0) is 26.2. The normalized spacial score (nSPS) is 26.0. The second-order valence-corrected chi connectivity index (χ2v) is 13.6. The summed E-state index contributed by atoms with van der Waals surface area (Å²) in [5, 5.41) is 0. The predicted molar refractivity (Wildman–Crippen MR) is 157 cm³/mol. The maximum Gasteiger partial charge on any atom is 0.245 e. The molecule has 0 atom stereocenters. The summed E-state index contributed by atoms with van der Waals surface area (Å²) in [5.41, 5.74) is 14.5. The third-order valence-electron chi connectivity index (χ3n) is 10.6. The summed E-state index contributed by atoms with van der Waals surface area (Å²) < 4.78 is 4.94. The Labute approximate surface area is 228 Å². The minimum Gasteiger partial charge on any atom is -0.226 e. The molecule has 4 aliphatic carbocycles. The molecule has 0 saturated heterocycles. The average molecular weight is 504 g/mol. The van der Waals surface area contributed by atoms with Crippen LogP contribution in [-0.4, -0.2) is 4.57 Å². The van der Waals surface area contributed by atoms with E-state index in [9.17, 15) is 0 Å². The molecule has 0 spiro atoms. The number of aromatic nitrogens is 2. The molecule has 4 aliphatic rings. The molecule has 4 bridgehead atoms. The SMILES string of the molecule is Cc1cc(C)c(Cn2c[n+](Cc3ccc(C45CC6CC(CC(C6)C4)C5)cc3)c3cc(C)c(C)cc32)c(C)c1. The monoisotopic (exact) mass is 503 g/mol. The number of fused-ring (bicyclic) bond motifs is 1. The van der Waals surface area contributed by atoms with E-state index in [0.29, 0.717) is 5.41 Å². The van der Waals surface area contributed by atoms with Crippen LogP contribution in [-0.2, 0) is 18.5 Å². The van der Waals surface area contributed by atoms with Gasteiger partial charge < -0.3 is 0 Å². The predicted octanol–water partition coefficient (Wildman–Crippen LogP) is 8.04. The highest BCUT2D eigenvalue weighted by Gasteiger charge is 2.51. The number of rotatable bonds is 5. The lowest BCUT2D eigenvalue weighted by Gasteiger charge is -2.57. The Morgan fingerprint density at radius 1 is 0.737 bits per heavy atom. The zero-order valence-corrected chi connectivity index (χ0v) is 24.0. The minimum absolute atomic E-state index is 0.481. The van der Waals surface area contributed by atoms with Gasteiger partial charge in [-0.15, -0.1) is 0 Å². The zero-order valence-electron chi connectivity index (χ0n) is 24.0. The third-order valence-corrected chi connectivity index (χ3v) is 10.6. The fourth-order valence-electron chi connectivity index (χ4n) is 9.04. The Kier molecular flexibility index (Phi) is 5.62. The van der Waals surface area contributed by atoms with Crippen molar-refractivity contribution in [3.05, 3.63) is 99.4 Å². The summed E-state index contributed by atoms with van der Waals surface area (Å²) in [5.74, 6) is 2.99. The second-order valence-electron chi connectivity index (χ2n) is 13.6. The molecule has 4 saturated carbocycles. The summed E-state index contributed by atoms with van der Waals surface area (Å²) in [6.45, 7) is 13.0. The van der Waals surface area contributed by atoms with E-state index in [4.69, 9.17) is 0 Å². The molecule has 0 aliphatic heterocycles. The van der Waals surface area contributed by atoms with Gasteiger partial charge in [0.25, 0.3) is 0 Å². The summed E-state index contributed by atoms with van der Waals surface area (Å²) in [6.07, 6.45) is 11.2. The van der Waals surface area contributed by atoms with Crippen LogP contribution in [0, 0.1) is 52.4 Å². The first-order chi connectivity index (χ1) is 18.3.